The maximum absolute atomic E-state index is 12.9. The molecule has 1 amide bonds. The Morgan fingerprint density at radius 3 is 1.12 bits per heavy atom. The summed E-state index contributed by atoms with van der Waals surface area (Å²) in [5.41, 5.74) is 5.62. The predicted octanol–water partition coefficient (Wildman–Crippen LogP) is 16.9. The number of pyridine rings is 1. The second-order valence-corrected chi connectivity index (χ2v) is 42.9. The Kier molecular flexibility index (Phi) is 33.7. The smallest absolute Gasteiger partial charge is 0.433 e. The largest absolute Gasteiger partial charge is 0.494 e. The number of sulfonamides is 1. The van der Waals surface area contributed by atoms with Crippen molar-refractivity contribution in [2.75, 3.05) is 124 Å². The number of halogens is 3. The van der Waals surface area contributed by atoms with Crippen LogP contribution >= 0.6 is 0 Å². The van der Waals surface area contributed by atoms with Gasteiger partial charge in [0.15, 0.2) is 0 Å². The van der Waals surface area contributed by atoms with E-state index in [0.29, 0.717) is 89.1 Å². The van der Waals surface area contributed by atoms with Crippen molar-refractivity contribution in [3.8, 4) is 30.0 Å². The number of benzene rings is 5. The highest BCUT2D eigenvalue weighted by atomic mass is 32.2. The lowest BCUT2D eigenvalue weighted by atomic mass is 9.89. The molecule has 31 nitrogen and oxygen atoms in total. The third-order valence-electron chi connectivity index (χ3n) is 29.2. The average molecular weight is 1930 g/mol. The Labute approximate surface area is 812 Å². The van der Waals surface area contributed by atoms with Gasteiger partial charge in [0.05, 0.1) is 98.7 Å². The number of ether oxygens (including phenoxy) is 1. The molecular weight excluding hydrogens is 1800 g/mol. The van der Waals surface area contributed by atoms with Crippen molar-refractivity contribution < 1.29 is 35.3 Å². The standard InChI is InChI=1S/C21H21F3N4O2.C21H28N6O2S.C21H28N6OS.2C20H25N5/c1-30-18-11-16-13(12-28(27-16)14-6-3-2-4-7-14)10-17(18)26-20(29)15-8-5-9-19(25-15)21(22,23)24;1-2-30(28,29)27-11-9-26(10-12-27)18-6-4-17(5-7-18)25-21-19-13-16(14-22)3-8-20(19)23-15-24-21;1-29(2,28)27-11-9-26(10-12-27)18-6-4-17(5-7-18)25-21-19-13-16(14-22)3-8-20(19)23-15-24-21;2*21-13-15-4-9-19-18(12-15)20(23-14-22-19)24-16-5-7-17(8-6-16)25-10-2-1-3-11-25/h5,8-12,14H,2-4,6-7H2,1H3,(H,26,29);3,8,13,15,17-18H,2,4-7,9-12H2,1H3,(H,23,24,25);3,8,13,15,17-18H,1,4-7,9-12H2,2H3,(H,23,24,25);2*4,9,12,14,16-17H,1-3,5-8,10-11H2,(H,22,23,24). The van der Waals surface area contributed by atoms with Gasteiger partial charge in [-0.2, -0.15) is 43.6 Å². The summed E-state index contributed by atoms with van der Waals surface area (Å²) in [5.74, 6) is 6.95. The quantitative estimate of drug-likeness (QED) is 0.0469. The molecule has 5 N–H and O–H groups in total. The van der Waals surface area contributed by atoms with Crippen LogP contribution < -0.4 is 31.3 Å². The number of piperidine rings is 2. The zero-order chi connectivity index (χ0) is 97.0. The number of nitrogens with zero attached hydrogens (tertiary/aromatic N) is 21. The van der Waals surface area contributed by atoms with Crippen molar-refractivity contribution in [2.24, 2.45) is 0 Å². The van der Waals surface area contributed by atoms with E-state index >= 15 is 0 Å². The van der Waals surface area contributed by atoms with Gasteiger partial charge in [0.2, 0.25) is 10.0 Å². The van der Waals surface area contributed by atoms with Crippen LogP contribution in [-0.2, 0) is 25.9 Å². The van der Waals surface area contributed by atoms with Gasteiger partial charge in [0.1, 0.15) is 65.7 Å². The number of fused-ring (bicyclic) bond motifs is 5. The fourth-order valence-corrected chi connectivity index (χ4v) is 23.4. The zero-order valence-electron chi connectivity index (χ0n) is 79.8. The molecule has 4 aliphatic heterocycles. The van der Waals surface area contributed by atoms with Gasteiger partial charge in [-0.3, -0.25) is 23.5 Å². The number of aromatic nitrogens is 11. The predicted molar refractivity (Wildman–Crippen MR) is 539 cm³/mol. The van der Waals surface area contributed by atoms with Crippen LogP contribution in [0.3, 0.4) is 0 Å². The van der Waals surface area contributed by atoms with E-state index in [0.717, 1.165) is 205 Å². The summed E-state index contributed by atoms with van der Waals surface area (Å²) in [4.78, 5) is 61.4. The van der Waals surface area contributed by atoms with E-state index in [1.165, 1.54) is 149 Å². The minimum absolute atomic E-state index is 0.178. The van der Waals surface area contributed by atoms with E-state index in [-0.39, 0.29) is 11.4 Å². The van der Waals surface area contributed by atoms with E-state index in [1.54, 1.807) is 67.1 Å². The van der Waals surface area contributed by atoms with Crippen LogP contribution in [0.15, 0.2) is 135 Å². The number of anilines is 5. The molecule has 139 heavy (non-hydrogen) atoms. The Bertz CT molecular complexity index is 6330. The number of carbonyl (C=O) groups excluding carboxylic acids is 1. The van der Waals surface area contributed by atoms with Gasteiger partial charge in [-0.15, -0.1) is 0 Å². The Hall–Kier alpha value is -12.0. The van der Waals surface area contributed by atoms with E-state index in [4.69, 9.17) is 15.3 Å². The molecule has 0 bridgehead atoms. The number of nitriles is 4. The number of likely N-dealkylation sites (tertiary alicyclic amines) is 2. The first kappa shape index (κ1) is 100. The topological polar surface area (TPSA) is 386 Å². The third-order valence-corrected chi connectivity index (χ3v) is 32.6. The third kappa shape index (κ3) is 26.0. The minimum atomic E-state index is -4.62. The summed E-state index contributed by atoms with van der Waals surface area (Å²) in [5, 5.41) is 62.8. The molecule has 11 aromatic rings. The van der Waals surface area contributed by atoms with Crippen molar-refractivity contribution in [1.29, 1.82) is 21.0 Å². The minimum Gasteiger partial charge on any atom is -0.494 e. The Morgan fingerprint density at radius 2 is 0.784 bits per heavy atom. The van der Waals surface area contributed by atoms with Gasteiger partial charge in [-0.25, -0.2) is 57.6 Å². The summed E-state index contributed by atoms with van der Waals surface area (Å²) in [7, 11) is -3.70. The van der Waals surface area contributed by atoms with Crippen LogP contribution in [-0.4, -0.2) is 253 Å². The molecule has 1 unspecified atom stereocenters. The molecule has 1 atom stereocenters. The van der Waals surface area contributed by atoms with Crippen LogP contribution in [0, 0.1) is 45.3 Å². The van der Waals surface area contributed by atoms with Crippen LogP contribution in [0.5, 0.6) is 5.75 Å². The van der Waals surface area contributed by atoms with Crippen molar-refractivity contribution in [3.63, 3.8) is 0 Å². The molecule has 20 rings (SSSR count). The molecule has 5 aliphatic carbocycles. The Balaban J connectivity index is 0.000000126. The molecular formula is C103H127F3N26O5S2. The van der Waals surface area contributed by atoms with Crippen molar-refractivity contribution >= 4 is 115 Å². The summed E-state index contributed by atoms with van der Waals surface area (Å²) in [6.07, 6.45) is 38.0. The highest BCUT2D eigenvalue weighted by Crippen LogP contribution is 2.39. The van der Waals surface area contributed by atoms with Crippen molar-refractivity contribution in [3.05, 3.63) is 168 Å². The fourth-order valence-electron chi connectivity index (χ4n) is 21.4. The van der Waals surface area contributed by atoms with E-state index < -0.39 is 37.5 Å². The molecule has 5 aromatic carbocycles. The van der Waals surface area contributed by atoms with Gasteiger partial charge < -0.3 is 41.1 Å². The van der Waals surface area contributed by atoms with Crippen LogP contribution in [0.2, 0.25) is 0 Å². The number of hydrogen-bond donors (Lipinski definition) is 5. The molecule has 5 saturated carbocycles. The fraction of sp³-hybridized carbons (Fsp3) is 0.515. The van der Waals surface area contributed by atoms with Crippen molar-refractivity contribution in [2.45, 2.75) is 241 Å². The summed E-state index contributed by atoms with van der Waals surface area (Å²) in [6, 6.07) is 42.2. The molecule has 0 radical (unpaired) electrons. The molecule has 6 aromatic heterocycles. The van der Waals surface area contributed by atoms with Gasteiger partial charge >= 0.3 is 6.18 Å². The maximum Gasteiger partial charge on any atom is 0.433 e. The maximum atomic E-state index is 12.9. The summed E-state index contributed by atoms with van der Waals surface area (Å²) >= 11 is 0. The highest BCUT2D eigenvalue weighted by Gasteiger charge is 2.37. The number of piperazine rings is 2. The van der Waals surface area contributed by atoms with Crippen LogP contribution in [0.4, 0.5) is 42.1 Å². The lowest BCUT2D eigenvalue weighted by Crippen LogP contribution is -2.53. The average Bonchev–Trinajstić information content (AvgIpc) is 1.64. The number of rotatable bonds is 19. The molecule has 0 spiro atoms. The number of methoxy groups -OCH3 is 1. The SMILES string of the molecule is C=S(C)(=O)N1CCN(C2CCC(Nc3ncnc4ccc(C#N)cc34)CC2)CC1.CCS(=O)(=O)N1CCN(C2CCC(Nc3ncnc4ccc(C#N)cc34)CC2)CC1.COc1cc2nn(C3CCCCC3)cc2cc1NC(=O)c1cccc(C(F)(F)F)n1.N#Cc1ccc2ncnc(NC3CCC(N4CCCCC4)CC3)c2c1.N#Cc1ccc2ncnc(NC3CCC(N4CCCCC4)CC3)c2c1. The first-order chi connectivity index (χ1) is 67.4. The van der Waals surface area contributed by atoms with Gasteiger partial charge in [-0.05, 0) is 271 Å². The molecule has 9 fully saturated rings. The lowest BCUT2D eigenvalue weighted by molar-refractivity contribution is -0.141. The highest BCUT2D eigenvalue weighted by molar-refractivity contribution is 7.97. The number of nitrogens with one attached hydrogen (secondary N) is 5. The number of hydrogen-bond acceptors (Lipinski definition) is 27. The second-order valence-electron chi connectivity index (χ2n) is 38.2. The van der Waals surface area contributed by atoms with Gasteiger partial charge in [0, 0.05) is 156 Å². The number of alkyl halides is 3. The monoisotopic (exact) mass is 1930 g/mol. The molecule has 36 heteroatoms. The number of amides is 1. The second kappa shape index (κ2) is 46.9. The van der Waals surface area contributed by atoms with Gasteiger partial charge in [0.25, 0.3) is 5.91 Å². The Morgan fingerprint density at radius 1 is 0.432 bits per heavy atom. The molecule has 10 heterocycles. The molecule has 9 aliphatic rings. The van der Waals surface area contributed by atoms with E-state index in [1.807, 2.05) is 75.8 Å². The first-order valence-corrected chi connectivity index (χ1v) is 53.2. The molecule has 732 valence electrons. The van der Waals surface area contributed by atoms with Gasteiger partial charge in [-0.1, -0.05) is 38.2 Å². The summed E-state index contributed by atoms with van der Waals surface area (Å²) < 4.78 is 85.9. The normalized spacial score (nSPS) is 22.8. The van der Waals surface area contributed by atoms with Crippen LogP contribution in [0.1, 0.15) is 225 Å². The van der Waals surface area contributed by atoms with E-state index in [2.05, 4.69) is 126 Å². The van der Waals surface area contributed by atoms with E-state index in [9.17, 15) is 41.1 Å². The zero-order valence-corrected chi connectivity index (χ0v) is 81.4. The first-order valence-electron chi connectivity index (χ1n) is 49.5. The lowest BCUT2D eigenvalue weighted by Gasteiger charge is -2.42. The van der Waals surface area contributed by atoms with Crippen molar-refractivity contribution in [1.82, 2.24) is 82.8 Å². The molecule has 4 saturated heterocycles. The summed E-state index contributed by atoms with van der Waals surface area (Å²) in [6.45, 7) is 13.3. The van der Waals surface area contributed by atoms with Crippen LogP contribution in [0.25, 0.3) is 54.5 Å². The number of carbonyl (C=O) groups is 1.